The van der Waals surface area contributed by atoms with Gasteiger partial charge in [0.25, 0.3) is 0 Å². The van der Waals surface area contributed by atoms with Crippen LogP contribution in [0.2, 0.25) is 5.02 Å². The summed E-state index contributed by atoms with van der Waals surface area (Å²) in [6.07, 6.45) is -5.71. The number of anilines is 1. The van der Waals surface area contributed by atoms with Gasteiger partial charge in [-0.25, -0.2) is 4.39 Å². The molecule has 0 radical (unpaired) electrons. The fraction of sp³-hybridized carbons (Fsp3) is 0.300. The van der Waals surface area contributed by atoms with Crippen LogP contribution in [0, 0.1) is 0 Å². The predicted octanol–water partition coefficient (Wildman–Crippen LogP) is 4.62. The molecule has 0 aliphatic carbocycles. The van der Waals surface area contributed by atoms with Gasteiger partial charge in [-0.05, 0) is 28.1 Å². The molecule has 1 N–H and O–H groups in total. The van der Waals surface area contributed by atoms with Crippen molar-refractivity contribution in [1.82, 2.24) is 0 Å². The number of halogens is 8. The molecule has 1 unspecified atom stereocenters. The quantitative estimate of drug-likeness (QED) is 0.458. The first kappa shape index (κ1) is 17.1. The zero-order valence-electron chi connectivity index (χ0n) is 9.24. The molecule has 1 rings (SSSR count). The second kappa shape index (κ2) is 5.44. The van der Waals surface area contributed by atoms with Crippen molar-refractivity contribution in [2.45, 2.75) is 16.7 Å². The van der Waals surface area contributed by atoms with Crippen LogP contribution in [0.4, 0.5) is 32.0 Å². The molecule has 1 atom stereocenters. The van der Waals surface area contributed by atoms with Crippen LogP contribution in [0.15, 0.2) is 18.2 Å². The van der Waals surface area contributed by atoms with E-state index < -0.39 is 27.3 Å². The third-order valence-electron chi connectivity index (χ3n) is 2.36. The molecule has 0 saturated carbocycles. The van der Waals surface area contributed by atoms with E-state index in [1.807, 2.05) is 5.32 Å². The first-order valence-electron chi connectivity index (χ1n) is 4.77. The zero-order valence-corrected chi connectivity index (χ0v) is 11.6. The number of hydrogen-bond donors (Lipinski definition) is 1. The lowest BCUT2D eigenvalue weighted by Gasteiger charge is -2.32. The van der Waals surface area contributed by atoms with Crippen molar-refractivity contribution < 1.29 is 31.1 Å². The van der Waals surface area contributed by atoms with Gasteiger partial charge in [0.2, 0.25) is 6.41 Å². The molecule has 0 aliphatic heterocycles. The monoisotopic (exact) mass is 383 g/mol. The molecular weight excluding hydrogens is 379 g/mol. The van der Waals surface area contributed by atoms with Crippen molar-refractivity contribution in [1.29, 1.82) is 0 Å². The van der Waals surface area contributed by atoms with Crippen molar-refractivity contribution >= 4 is 39.6 Å². The lowest BCUT2D eigenvalue weighted by atomic mass is 9.95. The Morgan fingerprint density at radius 2 is 1.70 bits per heavy atom. The maximum Gasteiger partial charge on any atom is 0.433 e. The highest BCUT2D eigenvalue weighted by Gasteiger charge is 2.71. The summed E-state index contributed by atoms with van der Waals surface area (Å²) in [4.78, 5) is 5.27. The molecule has 0 fully saturated rings. The SMILES string of the molecule is O=CNc1ccc(C(F)(C(F)(F)F)C(F)(F)Br)cc1Cl. The molecule has 0 aromatic heterocycles. The topological polar surface area (TPSA) is 29.1 Å². The molecule has 2 nitrogen and oxygen atoms in total. The van der Waals surface area contributed by atoms with E-state index in [-0.39, 0.29) is 12.1 Å². The number of amides is 1. The van der Waals surface area contributed by atoms with Gasteiger partial charge in [-0.15, -0.1) is 0 Å². The van der Waals surface area contributed by atoms with Crippen LogP contribution in [0.5, 0.6) is 0 Å². The summed E-state index contributed by atoms with van der Waals surface area (Å²) in [5, 5.41) is 1.50. The van der Waals surface area contributed by atoms with E-state index in [9.17, 15) is 31.1 Å². The molecular formula is C10H5BrClF6NO. The van der Waals surface area contributed by atoms with E-state index in [4.69, 9.17) is 11.6 Å². The van der Waals surface area contributed by atoms with Crippen molar-refractivity contribution in [3.05, 3.63) is 28.8 Å². The summed E-state index contributed by atoms with van der Waals surface area (Å²) < 4.78 is 78.0. The minimum atomic E-state index is -5.89. The van der Waals surface area contributed by atoms with E-state index in [0.29, 0.717) is 12.1 Å². The van der Waals surface area contributed by atoms with Gasteiger partial charge in [-0.3, -0.25) is 4.79 Å². The van der Waals surface area contributed by atoms with E-state index in [0.717, 1.165) is 6.07 Å². The molecule has 1 aromatic rings. The Bertz CT molecular complexity index is 501. The maximum atomic E-state index is 14.0. The third-order valence-corrected chi connectivity index (χ3v) is 3.22. The second-order valence-electron chi connectivity index (χ2n) is 3.61. The van der Waals surface area contributed by atoms with Crippen LogP contribution in [0.1, 0.15) is 5.56 Å². The van der Waals surface area contributed by atoms with Crippen LogP contribution in [-0.2, 0) is 10.5 Å². The molecule has 20 heavy (non-hydrogen) atoms. The van der Waals surface area contributed by atoms with E-state index >= 15 is 0 Å². The van der Waals surface area contributed by atoms with Crippen LogP contribution in [0.25, 0.3) is 0 Å². The van der Waals surface area contributed by atoms with Crippen molar-refractivity contribution in [2.75, 3.05) is 5.32 Å². The van der Waals surface area contributed by atoms with Crippen molar-refractivity contribution in [3.8, 4) is 0 Å². The summed E-state index contributed by atoms with van der Waals surface area (Å²) in [6.45, 7) is 0. The summed E-state index contributed by atoms with van der Waals surface area (Å²) >= 11 is 6.90. The Kier molecular flexibility index (Phi) is 4.65. The maximum absolute atomic E-state index is 14.0. The van der Waals surface area contributed by atoms with Gasteiger partial charge in [0.05, 0.1) is 10.7 Å². The smallest absolute Gasteiger partial charge is 0.327 e. The second-order valence-corrected chi connectivity index (χ2v) is 5.01. The largest absolute Gasteiger partial charge is 0.433 e. The van der Waals surface area contributed by atoms with E-state index in [1.54, 1.807) is 0 Å². The molecule has 1 amide bonds. The number of rotatable bonds is 4. The Morgan fingerprint density at radius 1 is 1.15 bits per heavy atom. The highest BCUT2D eigenvalue weighted by molar-refractivity contribution is 9.10. The molecule has 0 bridgehead atoms. The lowest BCUT2D eigenvalue weighted by Crippen LogP contribution is -2.49. The van der Waals surface area contributed by atoms with Crippen LogP contribution < -0.4 is 5.32 Å². The number of alkyl halides is 7. The van der Waals surface area contributed by atoms with Crippen molar-refractivity contribution in [2.24, 2.45) is 0 Å². The van der Waals surface area contributed by atoms with Gasteiger partial charge in [0.1, 0.15) is 0 Å². The van der Waals surface area contributed by atoms with Gasteiger partial charge in [-0.1, -0.05) is 17.7 Å². The summed E-state index contributed by atoms with van der Waals surface area (Å²) in [5.41, 5.74) is -6.51. The minimum Gasteiger partial charge on any atom is -0.327 e. The Morgan fingerprint density at radius 3 is 2.05 bits per heavy atom. The highest BCUT2D eigenvalue weighted by Crippen LogP contribution is 2.55. The number of carbonyl (C=O) groups is 1. The average Bonchev–Trinajstić information content (AvgIpc) is 2.28. The molecule has 112 valence electrons. The van der Waals surface area contributed by atoms with E-state index in [1.165, 1.54) is 15.9 Å². The predicted molar refractivity (Wildman–Crippen MR) is 63.9 cm³/mol. The minimum absolute atomic E-state index is 0.146. The van der Waals surface area contributed by atoms with Crippen LogP contribution in [0.3, 0.4) is 0 Å². The standard InChI is InChI=1S/C10H5BrClF6NO/c11-9(14,15)8(13,10(16,17)18)5-1-2-7(19-4-20)6(12)3-5/h1-4H,(H,19,20). The summed E-state index contributed by atoms with van der Waals surface area (Å²) in [7, 11) is 0. The van der Waals surface area contributed by atoms with Crippen LogP contribution in [-0.4, -0.2) is 17.4 Å². The fourth-order valence-corrected chi connectivity index (χ4v) is 2.09. The Labute approximate surface area is 122 Å². The first-order valence-corrected chi connectivity index (χ1v) is 5.95. The fourth-order valence-electron chi connectivity index (χ4n) is 1.40. The zero-order chi connectivity index (χ0) is 15.8. The van der Waals surface area contributed by atoms with Gasteiger partial charge < -0.3 is 5.32 Å². The van der Waals surface area contributed by atoms with Gasteiger partial charge in [0, 0.05) is 5.56 Å². The number of nitrogens with one attached hydrogen (secondary N) is 1. The Balaban J connectivity index is 3.45. The Hall–Kier alpha value is -0.960. The molecule has 0 aliphatic rings. The molecule has 0 saturated heterocycles. The van der Waals surface area contributed by atoms with Crippen molar-refractivity contribution in [3.63, 3.8) is 0 Å². The number of carbonyl (C=O) groups excluding carboxylic acids is 1. The number of benzene rings is 1. The number of hydrogen-bond acceptors (Lipinski definition) is 1. The highest BCUT2D eigenvalue weighted by atomic mass is 79.9. The van der Waals surface area contributed by atoms with Gasteiger partial charge >= 0.3 is 16.7 Å². The van der Waals surface area contributed by atoms with Gasteiger partial charge in [-0.2, -0.15) is 22.0 Å². The summed E-state index contributed by atoms with van der Waals surface area (Å²) in [6, 6.07) is 1.61. The molecule has 0 heterocycles. The summed E-state index contributed by atoms with van der Waals surface area (Å²) in [5.74, 6) is 0. The molecule has 10 heteroatoms. The normalized spacial score (nSPS) is 15.6. The van der Waals surface area contributed by atoms with E-state index in [2.05, 4.69) is 0 Å². The molecule has 1 aromatic carbocycles. The third kappa shape index (κ3) is 2.88. The molecule has 0 spiro atoms. The average molecular weight is 385 g/mol. The first-order chi connectivity index (χ1) is 8.95. The van der Waals surface area contributed by atoms with Gasteiger partial charge in [0.15, 0.2) is 0 Å². The lowest BCUT2D eigenvalue weighted by molar-refractivity contribution is -0.282. The van der Waals surface area contributed by atoms with Crippen LogP contribution >= 0.6 is 27.5 Å².